The van der Waals surface area contributed by atoms with Crippen LogP contribution in [-0.4, -0.2) is 31.0 Å². The second-order valence-corrected chi connectivity index (χ2v) is 8.99. The zero-order valence-corrected chi connectivity index (χ0v) is 17.6. The van der Waals surface area contributed by atoms with E-state index in [2.05, 4.69) is 0 Å². The lowest BCUT2D eigenvalue weighted by molar-refractivity contribution is 0.0692. The molecule has 3 aromatic carbocycles. The van der Waals surface area contributed by atoms with Gasteiger partial charge in [-0.05, 0) is 55.3 Å². The van der Waals surface area contributed by atoms with Crippen molar-refractivity contribution in [3.8, 4) is 5.75 Å². The number of hydrogen-bond acceptors (Lipinski definition) is 4. The quantitative estimate of drug-likeness (QED) is 0.532. The molecule has 5 nitrogen and oxygen atoms in total. The molecule has 1 amide bonds. The first-order valence-corrected chi connectivity index (χ1v) is 11.2. The molecule has 0 aromatic heterocycles. The van der Waals surface area contributed by atoms with Gasteiger partial charge in [-0.1, -0.05) is 48.5 Å². The number of benzene rings is 3. The van der Waals surface area contributed by atoms with Crippen LogP contribution in [0.5, 0.6) is 5.75 Å². The van der Waals surface area contributed by atoms with E-state index in [4.69, 9.17) is 4.18 Å². The molecule has 0 saturated carbocycles. The predicted octanol–water partition coefficient (Wildman–Crippen LogP) is 4.62. The molecule has 152 valence electrons. The third kappa shape index (κ3) is 4.95. The van der Waals surface area contributed by atoms with Gasteiger partial charge >= 0.3 is 10.1 Å². The lowest BCUT2D eigenvalue weighted by Crippen LogP contribution is -2.36. The van der Waals surface area contributed by atoms with Gasteiger partial charge < -0.3 is 9.08 Å². The number of nitrogens with zero attached hydrogens (tertiary/aromatic N) is 1. The van der Waals surface area contributed by atoms with Gasteiger partial charge in [-0.3, -0.25) is 4.79 Å². The summed E-state index contributed by atoms with van der Waals surface area (Å²) in [6, 6.07) is 20.3. The van der Waals surface area contributed by atoms with Crippen molar-refractivity contribution < 1.29 is 17.4 Å². The summed E-state index contributed by atoms with van der Waals surface area (Å²) in [6.45, 7) is 5.81. The fourth-order valence-corrected chi connectivity index (χ4v) is 3.67. The molecule has 3 rings (SSSR count). The van der Waals surface area contributed by atoms with E-state index in [-0.39, 0.29) is 23.5 Å². The van der Waals surface area contributed by atoms with Crippen LogP contribution >= 0.6 is 0 Å². The van der Waals surface area contributed by atoms with Crippen LogP contribution in [0.1, 0.15) is 36.7 Å². The van der Waals surface area contributed by atoms with Gasteiger partial charge in [0.25, 0.3) is 5.91 Å². The molecule has 0 aliphatic heterocycles. The van der Waals surface area contributed by atoms with Gasteiger partial charge in [0, 0.05) is 18.2 Å². The molecule has 0 aliphatic carbocycles. The van der Waals surface area contributed by atoms with Crippen molar-refractivity contribution >= 4 is 26.8 Å². The molecular weight excluding hydrogens is 386 g/mol. The summed E-state index contributed by atoms with van der Waals surface area (Å²) >= 11 is 0. The summed E-state index contributed by atoms with van der Waals surface area (Å²) in [4.78, 5) is 15.1. The van der Waals surface area contributed by atoms with Crippen LogP contribution in [0, 0.1) is 0 Å². The molecule has 0 heterocycles. The molecule has 6 heteroatoms. The van der Waals surface area contributed by atoms with Crippen LogP contribution in [0.3, 0.4) is 0 Å². The minimum Gasteiger partial charge on any atom is -0.382 e. The molecule has 0 spiro atoms. The Morgan fingerprint density at radius 3 is 2.41 bits per heavy atom. The normalized spacial score (nSPS) is 11.6. The maximum Gasteiger partial charge on any atom is 0.308 e. The van der Waals surface area contributed by atoms with Crippen molar-refractivity contribution in [2.45, 2.75) is 33.4 Å². The lowest BCUT2D eigenvalue weighted by atomic mass is 10.0. The highest BCUT2D eigenvalue weighted by Crippen LogP contribution is 2.23. The number of carbonyl (C=O) groups excluding carboxylic acids is 1. The zero-order chi connectivity index (χ0) is 21.0. The summed E-state index contributed by atoms with van der Waals surface area (Å²) in [5, 5.41) is 1.93. The van der Waals surface area contributed by atoms with Crippen molar-refractivity contribution in [3.05, 3.63) is 77.9 Å². The van der Waals surface area contributed by atoms with Crippen molar-refractivity contribution in [1.82, 2.24) is 4.90 Å². The van der Waals surface area contributed by atoms with Crippen LogP contribution in [0.25, 0.3) is 10.8 Å². The molecule has 0 unspecified atom stereocenters. The molecule has 0 aliphatic rings. The van der Waals surface area contributed by atoms with Gasteiger partial charge in [0.15, 0.2) is 0 Å². The molecule has 0 N–H and O–H groups in total. The molecule has 29 heavy (non-hydrogen) atoms. The fraction of sp³-hybridized carbons (Fsp3) is 0.261. The van der Waals surface area contributed by atoms with Gasteiger partial charge in [0.1, 0.15) is 5.75 Å². The predicted molar refractivity (Wildman–Crippen MR) is 115 cm³/mol. The summed E-state index contributed by atoms with van der Waals surface area (Å²) in [6.07, 6.45) is 0. The van der Waals surface area contributed by atoms with E-state index < -0.39 is 10.1 Å². The van der Waals surface area contributed by atoms with E-state index in [1.165, 1.54) is 6.92 Å². The van der Waals surface area contributed by atoms with Gasteiger partial charge in [-0.2, -0.15) is 8.42 Å². The topological polar surface area (TPSA) is 63.7 Å². The van der Waals surface area contributed by atoms with Crippen molar-refractivity contribution in [2.75, 3.05) is 5.75 Å². The molecular formula is C23H25NO4S. The zero-order valence-electron chi connectivity index (χ0n) is 16.8. The highest BCUT2D eigenvalue weighted by Gasteiger charge is 2.21. The van der Waals surface area contributed by atoms with Gasteiger partial charge in [-0.15, -0.1) is 0 Å². The minimum atomic E-state index is -3.60. The third-order valence-electron chi connectivity index (χ3n) is 4.73. The smallest absolute Gasteiger partial charge is 0.308 e. The molecule has 0 radical (unpaired) electrons. The Morgan fingerprint density at radius 1 is 1.00 bits per heavy atom. The molecule has 0 saturated heterocycles. The van der Waals surface area contributed by atoms with Crippen LogP contribution < -0.4 is 4.18 Å². The first kappa shape index (κ1) is 20.9. The summed E-state index contributed by atoms with van der Waals surface area (Å²) < 4.78 is 28.6. The van der Waals surface area contributed by atoms with Crippen LogP contribution in [-0.2, 0) is 16.7 Å². The van der Waals surface area contributed by atoms with Crippen LogP contribution in [0.15, 0.2) is 66.7 Å². The number of amides is 1. The van der Waals surface area contributed by atoms with E-state index >= 15 is 0 Å². The lowest BCUT2D eigenvalue weighted by Gasteiger charge is -2.27. The standard InChI is InChI=1S/C23H25NO4S/c1-4-29(26,27)28-20-12-7-9-18(15-20)16-24(17(2)3)23(25)22-14-8-11-19-10-5-6-13-21(19)22/h5-15,17H,4,16H2,1-3H3. The monoisotopic (exact) mass is 411 g/mol. The van der Waals surface area contributed by atoms with E-state index in [0.717, 1.165) is 16.3 Å². The largest absolute Gasteiger partial charge is 0.382 e. The Hall–Kier alpha value is -2.86. The number of carbonyl (C=O) groups is 1. The summed E-state index contributed by atoms with van der Waals surface area (Å²) in [5.74, 6) is 0.0875. The minimum absolute atomic E-state index is 0.0367. The maximum atomic E-state index is 13.4. The van der Waals surface area contributed by atoms with Gasteiger partial charge in [-0.25, -0.2) is 0 Å². The van der Waals surface area contributed by atoms with E-state index in [1.54, 1.807) is 23.1 Å². The van der Waals surface area contributed by atoms with E-state index in [9.17, 15) is 13.2 Å². The Balaban J connectivity index is 1.90. The Kier molecular flexibility index (Phi) is 6.23. The average Bonchev–Trinajstić information content (AvgIpc) is 2.71. The molecule has 0 fully saturated rings. The molecule has 3 aromatic rings. The number of fused-ring (bicyclic) bond motifs is 1. The third-order valence-corrected chi connectivity index (χ3v) is 5.89. The first-order chi connectivity index (χ1) is 13.8. The SMILES string of the molecule is CCS(=O)(=O)Oc1cccc(CN(C(=O)c2cccc3ccccc23)C(C)C)c1. The second-order valence-electron chi connectivity index (χ2n) is 7.13. The first-order valence-electron chi connectivity index (χ1n) is 9.60. The fourth-order valence-electron chi connectivity index (χ4n) is 3.15. The highest BCUT2D eigenvalue weighted by molar-refractivity contribution is 7.87. The highest BCUT2D eigenvalue weighted by atomic mass is 32.2. The van der Waals surface area contributed by atoms with Crippen molar-refractivity contribution in [2.24, 2.45) is 0 Å². The molecule has 0 atom stereocenters. The van der Waals surface area contributed by atoms with E-state index in [0.29, 0.717) is 12.1 Å². The number of hydrogen-bond donors (Lipinski definition) is 0. The Bertz CT molecular complexity index is 1120. The van der Waals surface area contributed by atoms with Crippen molar-refractivity contribution in [1.29, 1.82) is 0 Å². The summed E-state index contributed by atoms with van der Waals surface area (Å²) in [7, 11) is -3.60. The van der Waals surface area contributed by atoms with Crippen LogP contribution in [0.4, 0.5) is 0 Å². The van der Waals surface area contributed by atoms with Gasteiger partial charge in [0.2, 0.25) is 0 Å². The summed E-state index contributed by atoms with van der Waals surface area (Å²) in [5.41, 5.74) is 1.45. The number of rotatable bonds is 7. The van der Waals surface area contributed by atoms with E-state index in [1.807, 2.05) is 62.4 Å². The van der Waals surface area contributed by atoms with Crippen molar-refractivity contribution in [3.63, 3.8) is 0 Å². The second kappa shape index (κ2) is 8.66. The maximum absolute atomic E-state index is 13.4. The Morgan fingerprint density at radius 2 is 1.69 bits per heavy atom. The average molecular weight is 412 g/mol. The molecule has 0 bridgehead atoms. The Labute approximate surface area is 172 Å². The van der Waals surface area contributed by atoms with Crippen LogP contribution in [0.2, 0.25) is 0 Å². The van der Waals surface area contributed by atoms with Gasteiger partial charge in [0.05, 0.1) is 5.75 Å².